The lowest BCUT2D eigenvalue weighted by atomic mass is 10.3. The highest BCUT2D eigenvalue weighted by atomic mass is 35.5. The Morgan fingerprint density at radius 3 is 2.56 bits per heavy atom. The molecular formula is C11H19ClN6. The molecule has 0 aromatic carbocycles. The topological polar surface area (TPSA) is 66.0 Å². The van der Waals surface area contributed by atoms with Crippen LogP contribution < -0.4 is 10.6 Å². The summed E-state index contributed by atoms with van der Waals surface area (Å²) in [6.07, 6.45) is 2.59. The molecule has 0 amide bonds. The van der Waals surface area contributed by atoms with Crippen molar-refractivity contribution in [2.75, 3.05) is 37.3 Å². The second kappa shape index (κ2) is 6.15. The fourth-order valence-corrected chi connectivity index (χ4v) is 2.25. The summed E-state index contributed by atoms with van der Waals surface area (Å²) in [7, 11) is 1.75. The summed E-state index contributed by atoms with van der Waals surface area (Å²) in [6, 6.07) is 0.473. The Bertz CT molecular complexity index is 393. The first-order valence-corrected chi connectivity index (χ1v) is 6.64. The minimum atomic E-state index is 0.200. The van der Waals surface area contributed by atoms with Crippen LogP contribution in [0.5, 0.6) is 0 Å². The zero-order valence-electron chi connectivity index (χ0n) is 10.8. The number of hydrogen-bond donors (Lipinski definition) is 2. The van der Waals surface area contributed by atoms with Gasteiger partial charge in [-0.15, -0.1) is 0 Å². The van der Waals surface area contributed by atoms with E-state index >= 15 is 0 Å². The number of anilines is 2. The molecule has 0 spiro atoms. The Labute approximate surface area is 112 Å². The first-order valence-electron chi connectivity index (χ1n) is 6.26. The highest BCUT2D eigenvalue weighted by Gasteiger charge is 2.18. The molecule has 18 heavy (non-hydrogen) atoms. The predicted molar refractivity (Wildman–Crippen MR) is 73.1 cm³/mol. The van der Waals surface area contributed by atoms with Gasteiger partial charge < -0.3 is 10.6 Å². The van der Waals surface area contributed by atoms with Gasteiger partial charge in [0.25, 0.3) is 0 Å². The lowest BCUT2D eigenvalue weighted by molar-refractivity contribution is 0.269. The number of rotatable bonds is 5. The lowest BCUT2D eigenvalue weighted by Gasteiger charge is -2.23. The van der Waals surface area contributed by atoms with E-state index in [1.165, 1.54) is 25.9 Å². The number of aromatic nitrogens is 3. The predicted octanol–water partition coefficient (Wildman–Crippen LogP) is 1.46. The summed E-state index contributed by atoms with van der Waals surface area (Å²) < 4.78 is 0. The van der Waals surface area contributed by atoms with E-state index in [2.05, 4.69) is 37.4 Å². The minimum Gasteiger partial charge on any atom is -0.357 e. The van der Waals surface area contributed by atoms with Crippen LogP contribution in [0, 0.1) is 0 Å². The number of likely N-dealkylation sites (tertiary alicyclic amines) is 1. The van der Waals surface area contributed by atoms with Crippen LogP contribution in [0.4, 0.5) is 11.9 Å². The largest absolute Gasteiger partial charge is 0.357 e. The number of hydrogen-bond acceptors (Lipinski definition) is 6. The lowest BCUT2D eigenvalue weighted by Crippen LogP contribution is -2.35. The zero-order valence-corrected chi connectivity index (χ0v) is 11.5. The molecule has 0 saturated carbocycles. The second-order valence-corrected chi connectivity index (χ2v) is 4.81. The van der Waals surface area contributed by atoms with Crippen molar-refractivity contribution in [2.24, 2.45) is 0 Å². The normalized spacial score (nSPS) is 17.7. The van der Waals surface area contributed by atoms with E-state index in [9.17, 15) is 0 Å². The van der Waals surface area contributed by atoms with E-state index in [1.807, 2.05) is 0 Å². The van der Waals surface area contributed by atoms with E-state index in [4.69, 9.17) is 11.6 Å². The Morgan fingerprint density at radius 1 is 1.22 bits per heavy atom. The van der Waals surface area contributed by atoms with Crippen LogP contribution in [0.1, 0.15) is 19.8 Å². The molecule has 6 nitrogen and oxygen atoms in total. The molecule has 100 valence electrons. The van der Waals surface area contributed by atoms with Crippen molar-refractivity contribution in [3.05, 3.63) is 5.28 Å². The van der Waals surface area contributed by atoms with Crippen molar-refractivity contribution < 1.29 is 0 Å². The molecule has 1 fully saturated rings. The van der Waals surface area contributed by atoms with Crippen LogP contribution in [0.25, 0.3) is 0 Å². The Hall–Kier alpha value is -1.14. The SMILES string of the molecule is CNc1nc(Cl)nc(NCC(C)N2CCCC2)n1. The van der Waals surface area contributed by atoms with Crippen molar-refractivity contribution in [1.29, 1.82) is 0 Å². The van der Waals surface area contributed by atoms with Gasteiger partial charge in [0, 0.05) is 19.6 Å². The summed E-state index contributed by atoms with van der Waals surface area (Å²) in [5, 5.41) is 6.26. The van der Waals surface area contributed by atoms with E-state index in [0.717, 1.165) is 6.54 Å². The first-order chi connectivity index (χ1) is 8.69. The molecule has 2 rings (SSSR count). The molecule has 1 aromatic rings. The van der Waals surface area contributed by atoms with Gasteiger partial charge in [0.05, 0.1) is 0 Å². The zero-order chi connectivity index (χ0) is 13.0. The molecule has 1 saturated heterocycles. The maximum absolute atomic E-state index is 5.82. The molecule has 1 unspecified atom stereocenters. The fourth-order valence-electron chi connectivity index (χ4n) is 2.09. The molecular weight excluding hydrogens is 252 g/mol. The van der Waals surface area contributed by atoms with Gasteiger partial charge in [0.2, 0.25) is 17.2 Å². The quantitative estimate of drug-likeness (QED) is 0.845. The highest BCUT2D eigenvalue weighted by molar-refractivity contribution is 6.28. The molecule has 1 aromatic heterocycles. The molecule has 1 atom stereocenters. The molecule has 1 aliphatic rings. The smallest absolute Gasteiger partial charge is 0.228 e. The molecule has 1 aliphatic heterocycles. The van der Waals surface area contributed by atoms with Crippen LogP contribution >= 0.6 is 11.6 Å². The number of nitrogens with one attached hydrogen (secondary N) is 2. The van der Waals surface area contributed by atoms with Gasteiger partial charge in [-0.2, -0.15) is 15.0 Å². The maximum Gasteiger partial charge on any atom is 0.228 e. The fraction of sp³-hybridized carbons (Fsp3) is 0.727. The van der Waals surface area contributed by atoms with Crippen LogP contribution in [0.15, 0.2) is 0 Å². The van der Waals surface area contributed by atoms with Crippen molar-refractivity contribution in [3.63, 3.8) is 0 Å². The van der Waals surface area contributed by atoms with Crippen LogP contribution in [0.3, 0.4) is 0 Å². The van der Waals surface area contributed by atoms with E-state index < -0.39 is 0 Å². The van der Waals surface area contributed by atoms with E-state index in [0.29, 0.717) is 17.9 Å². The molecule has 2 heterocycles. The van der Waals surface area contributed by atoms with Gasteiger partial charge in [0.1, 0.15) is 0 Å². The van der Waals surface area contributed by atoms with Crippen LogP contribution in [0.2, 0.25) is 5.28 Å². The van der Waals surface area contributed by atoms with Crippen molar-refractivity contribution in [1.82, 2.24) is 19.9 Å². The van der Waals surface area contributed by atoms with Crippen LogP contribution in [-0.4, -0.2) is 52.6 Å². The minimum absolute atomic E-state index is 0.200. The van der Waals surface area contributed by atoms with Gasteiger partial charge >= 0.3 is 0 Å². The Kier molecular flexibility index (Phi) is 4.54. The summed E-state index contributed by atoms with van der Waals surface area (Å²) in [5.74, 6) is 0.997. The first kappa shape index (κ1) is 13.3. The standard InChI is InChI=1S/C11H19ClN6/c1-8(18-5-3-4-6-18)7-14-11-16-9(12)15-10(13-2)17-11/h8H,3-7H2,1-2H3,(H2,13,14,15,16,17). The third kappa shape index (κ3) is 3.43. The van der Waals surface area contributed by atoms with Gasteiger partial charge in [-0.05, 0) is 44.5 Å². The van der Waals surface area contributed by atoms with Crippen molar-refractivity contribution in [3.8, 4) is 0 Å². The molecule has 0 bridgehead atoms. The van der Waals surface area contributed by atoms with Gasteiger partial charge in [-0.1, -0.05) is 0 Å². The molecule has 0 aliphatic carbocycles. The van der Waals surface area contributed by atoms with Gasteiger partial charge in [0.15, 0.2) is 0 Å². The Morgan fingerprint density at radius 2 is 1.89 bits per heavy atom. The number of halogens is 1. The third-order valence-electron chi connectivity index (χ3n) is 3.15. The van der Waals surface area contributed by atoms with Crippen molar-refractivity contribution in [2.45, 2.75) is 25.8 Å². The van der Waals surface area contributed by atoms with Gasteiger partial charge in [-0.25, -0.2) is 0 Å². The maximum atomic E-state index is 5.82. The van der Waals surface area contributed by atoms with Gasteiger partial charge in [-0.3, -0.25) is 4.90 Å². The summed E-state index contributed by atoms with van der Waals surface area (Å²) in [5.41, 5.74) is 0. The molecule has 7 heteroatoms. The third-order valence-corrected chi connectivity index (χ3v) is 3.32. The summed E-state index contributed by atoms with van der Waals surface area (Å²) in [4.78, 5) is 14.7. The summed E-state index contributed by atoms with van der Waals surface area (Å²) >= 11 is 5.82. The molecule has 0 radical (unpaired) electrons. The average Bonchev–Trinajstić information content (AvgIpc) is 2.89. The van der Waals surface area contributed by atoms with Crippen LogP contribution in [-0.2, 0) is 0 Å². The molecule has 2 N–H and O–H groups in total. The van der Waals surface area contributed by atoms with E-state index in [1.54, 1.807) is 7.05 Å². The number of nitrogens with zero attached hydrogens (tertiary/aromatic N) is 4. The monoisotopic (exact) mass is 270 g/mol. The van der Waals surface area contributed by atoms with Crippen molar-refractivity contribution >= 4 is 23.5 Å². The second-order valence-electron chi connectivity index (χ2n) is 4.47. The summed E-state index contributed by atoms with van der Waals surface area (Å²) in [6.45, 7) is 5.38. The highest BCUT2D eigenvalue weighted by Crippen LogP contribution is 2.13. The Balaban J connectivity index is 1.90. The average molecular weight is 271 g/mol. The van der Waals surface area contributed by atoms with E-state index in [-0.39, 0.29) is 5.28 Å².